The van der Waals surface area contributed by atoms with Crippen molar-refractivity contribution in [1.82, 2.24) is 0 Å². The van der Waals surface area contributed by atoms with Crippen molar-refractivity contribution in [3.8, 4) is 11.5 Å². The Balaban J connectivity index is 1.92. The van der Waals surface area contributed by atoms with E-state index in [-0.39, 0.29) is 13.2 Å². The predicted molar refractivity (Wildman–Crippen MR) is 113 cm³/mol. The molecule has 0 bridgehead atoms. The molecule has 1 aromatic carbocycles. The molecular formula is C22H38O8. The number of unbranched alkanes of at least 4 members (excludes halogenated alkanes) is 2. The highest BCUT2D eigenvalue weighted by molar-refractivity contribution is 5.31. The molecule has 0 saturated heterocycles. The van der Waals surface area contributed by atoms with Crippen molar-refractivity contribution < 1.29 is 38.6 Å². The average Bonchev–Trinajstić information content (AvgIpc) is 2.77. The number of aliphatic hydroxyl groups is 2. The molecule has 8 heteroatoms. The van der Waals surface area contributed by atoms with Gasteiger partial charge in [-0.2, -0.15) is 0 Å². The van der Waals surface area contributed by atoms with Gasteiger partial charge in [0.2, 0.25) is 0 Å². The number of rotatable bonds is 22. The first kappa shape index (κ1) is 26.6. The SMILES string of the molecule is OCCOCCCCOCCOc1ccc(OCCOCCCCOCCO)cc1. The smallest absolute Gasteiger partial charge is 0.119 e. The van der Waals surface area contributed by atoms with E-state index in [4.69, 9.17) is 38.6 Å². The van der Waals surface area contributed by atoms with Gasteiger partial charge in [0.15, 0.2) is 0 Å². The van der Waals surface area contributed by atoms with Crippen molar-refractivity contribution in [1.29, 1.82) is 0 Å². The molecule has 174 valence electrons. The summed E-state index contributed by atoms with van der Waals surface area (Å²) < 4.78 is 32.7. The number of aliphatic hydroxyl groups excluding tert-OH is 2. The van der Waals surface area contributed by atoms with Gasteiger partial charge in [-0.05, 0) is 49.9 Å². The summed E-state index contributed by atoms with van der Waals surface area (Å²) in [4.78, 5) is 0. The fourth-order valence-corrected chi connectivity index (χ4v) is 2.42. The van der Waals surface area contributed by atoms with E-state index in [1.54, 1.807) is 0 Å². The van der Waals surface area contributed by atoms with Gasteiger partial charge in [0, 0.05) is 26.4 Å². The van der Waals surface area contributed by atoms with Crippen LogP contribution in [0.2, 0.25) is 0 Å². The third-order valence-electron chi connectivity index (χ3n) is 3.94. The molecule has 0 aromatic heterocycles. The summed E-state index contributed by atoms with van der Waals surface area (Å²) in [6.07, 6.45) is 3.71. The zero-order valence-electron chi connectivity index (χ0n) is 18.0. The second-order valence-corrected chi connectivity index (χ2v) is 6.48. The molecule has 30 heavy (non-hydrogen) atoms. The maximum Gasteiger partial charge on any atom is 0.119 e. The maximum atomic E-state index is 8.59. The molecule has 0 aliphatic heterocycles. The Kier molecular flexibility index (Phi) is 18.5. The fraction of sp³-hybridized carbons (Fsp3) is 0.727. The van der Waals surface area contributed by atoms with Crippen LogP contribution in [0.5, 0.6) is 11.5 Å². The van der Waals surface area contributed by atoms with Crippen LogP contribution in [-0.2, 0) is 18.9 Å². The molecule has 2 N–H and O–H groups in total. The topological polar surface area (TPSA) is 95.8 Å². The van der Waals surface area contributed by atoms with Gasteiger partial charge in [-0.1, -0.05) is 0 Å². The summed E-state index contributed by atoms with van der Waals surface area (Å²) >= 11 is 0. The molecule has 0 unspecified atom stereocenters. The Morgan fingerprint density at radius 1 is 0.433 bits per heavy atom. The van der Waals surface area contributed by atoms with Crippen LogP contribution in [0.1, 0.15) is 25.7 Å². The minimum Gasteiger partial charge on any atom is -0.491 e. The van der Waals surface area contributed by atoms with Gasteiger partial charge in [-0.3, -0.25) is 0 Å². The molecule has 0 aliphatic carbocycles. The van der Waals surface area contributed by atoms with E-state index in [1.165, 1.54) is 0 Å². The monoisotopic (exact) mass is 430 g/mol. The molecule has 0 heterocycles. The Bertz CT molecular complexity index is 426. The van der Waals surface area contributed by atoms with Crippen molar-refractivity contribution in [3.63, 3.8) is 0 Å². The van der Waals surface area contributed by atoms with Crippen molar-refractivity contribution in [2.24, 2.45) is 0 Å². The normalized spacial score (nSPS) is 11.0. The lowest BCUT2D eigenvalue weighted by Crippen LogP contribution is -2.09. The molecule has 1 aromatic rings. The quantitative estimate of drug-likeness (QED) is 0.270. The molecule has 0 saturated carbocycles. The third kappa shape index (κ3) is 16.4. The van der Waals surface area contributed by atoms with Gasteiger partial charge in [-0.15, -0.1) is 0 Å². The van der Waals surface area contributed by atoms with Crippen LogP contribution in [0.3, 0.4) is 0 Å². The van der Waals surface area contributed by atoms with E-state index in [1.807, 2.05) is 24.3 Å². The van der Waals surface area contributed by atoms with E-state index in [0.29, 0.717) is 66.1 Å². The second-order valence-electron chi connectivity index (χ2n) is 6.48. The molecule has 0 fully saturated rings. The summed E-state index contributed by atoms with van der Waals surface area (Å²) in [5, 5.41) is 17.2. The average molecular weight is 431 g/mol. The number of ether oxygens (including phenoxy) is 6. The molecule has 0 spiro atoms. The second kappa shape index (κ2) is 20.8. The van der Waals surface area contributed by atoms with Crippen LogP contribution in [0.4, 0.5) is 0 Å². The van der Waals surface area contributed by atoms with Crippen molar-refractivity contribution in [3.05, 3.63) is 24.3 Å². The minimum absolute atomic E-state index is 0.0691. The lowest BCUT2D eigenvalue weighted by Gasteiger charge is -2.10. The van der Waals surface area contributed by atoms with Gasteiger partial charge in [0.1, 0.15) is 24.7 Å². The predicted octanol–water partition coefficient (Wildman–Crippen LogP) is 2.06. The molecule has 0 amide bonds. The van der Waals surface area contributed by atoms with E-state index in [9.17, 15) is 0 Å². The largest absolute Gasteiger partial charge is 0.491 e. The Morgan fingerprint density at radius 3 is 1.10 bits per heavy atom. The Labute approximate surface area is 180 Å². The van der Waals surface area contributed by atoms with Crippen molar-refractivity contribution in [2.45, 2.75) is 25.7 Å². The third-order valence-corrected chi connectivity index (χ3v) is 3.94. The Morgan fingerprint density at radius 2 is 0.767 bits per heavy atom. The van der Waals surface area contributed by atoms with Gasteiger partial charge in [0.05, 0.1) is 39.6 Å². The molecule has 8 nitrogen and oxygen atoms in total. The fourth-order valence-electron chi connectivity index (χ4n) is 2.42. The van der Waals surface area contributed by atoms with Gasteiger partial charge in [0.25, 0.3) is 0 Å². The van der Waals surface area contributed by atoms with Crippen LogP contribution in [-0.4, -0.2) is 89.5 Å². The zero-order chi connectivity index (χ0) is 21.5. The van der Waals surface area contributed by atoms with E-state index < -0.39 is 0 Å². The van der Waals surface area contributed by atoms with Crippen LogP contribution in [0.15, 0.2) is 24.3 Å². The van der Waals surface area contributed by atoms with Crippen LogP contribution in [0.25, 0.3) is 0 Å². The van der Waals surface area contributed by atoms with E-state index >= 15 is 0 Å². The van der Waals surface area contributed by atoms with Gasteiger partial charge < -0.3 is 38.6 Å². The van der Waals surface area contributed by atoms with Gasteiger partial charge >= 0.3 is 0 Å². The van der Waals surface area contributed by atoms with Gasteiger partial charge in [-0.25, -0.2) is 0 Å². The van der Waals surface area contributed by atoms with Crippen LogP contribution >= 0.6 is 0 Å². The first-order chi connectivity index (χ1) is 14.9. The summed E-state index contributed by atoms with van der Waals surface area (Å²) in [5.74, 6) is 1.56. The first-order valence-corrected chi connectivity index (χ1v) is 10.7. The van der Waals surface area contributed by atoms with Crippen LogP contribution < -0.4 is 9.47 Å². The maximum absolute atomic E-state index is 8.59. The lowest BCUT2D eigenvalue weighted by molar-refractivity contribution is 0.0718. The molecular weight excluding hydrogens is 392 g/mol. The first-order valence-electron chi connectivity index (χ1n) is 10.7. The number of hydrogen-bond acceptors (Lipinski definition) is 8. The lowest BCUT2D eigenvalue weighted by atomic mass is 10.3. The molecule has 1 rings (SSSR count). The van der Waals surface area contributed by atoms with E-state index in [2.05, 4.69) is 0 Å². The summed E-state index contributed by atoms with van der Waals surface area (Å²) in [6, 6.07) is 7.50. The Hall–Kier alpha value is -1.42. The summed E-state index contributed by atoms with van der Waals surface area (Å²) in [5.41, 5.74) is 0. The van der Waals surface area contributed by atoms with Crippen molar-refractivity contribution >= 4 is 0 Å². The van der Waals surface area contributed by atoms with E-state index in [0.717, 1.165) is 37.2 Å². The molecule has 0 aliphatic rings. The van der Waals surface area contributed by atoms with Crippen molar-refractivity contribution in [2.75, 3.05) is 79.3 Å². The number of hydrogen-bond donors (Lipinski definition) is 2. The highest BCUT2D eigenvalue weighted by Gasteiger charge is 1.98. The highest BCUT2D eigenvalue weighted by atomic mass is 16.5. The standard InChI is InChI=1S/C22H38O8/c23-9-15-25-11-1-3-13-27-17-19-29-21-5-7-22(8-6-21)30-20-18-28-14-4-2-12-26-16-10-24/h5-8,23-24H,1-4,9-20H2. The van der Waals surface area contributed by atoms with Crippen LogP contribution in [0, 0.1) is 0 Å². The summed E-state index contributed by atoms with van der Waals surface area (Å²) in [6.45, 7) is 5.69. The molecule has 0 radical (unpaired) electrons. The summed E-state index contributed by atoms with van der Waals surface area (Å²) in [7, 11) is 0. The zero-order valence-corrected chi connectivity index (χ0v) is 18.0. The molecule has 0 atom stereocenters. The minimum atomic E-state index is 0.0691. The number of benzene rings is 1. The highest BCUT2D eigenvalue weighted by Crippen LogP contribution is 2.17.